The fourth-order valence-electron chi connectivity index (χ4n) is 3.49. The van der Waals surface area contributed by atoms with Crippen LogP contribution in [0.1, 0.15) is 22.4 Å². The second kappa shape index (κ2) is 8.17. The second-order valence-corrected chi connectivity index (χ2v) is 6.97. The maximum absolute atomic E-state index is 14.1. The quantitative estimate of drug-likeness (QED) is 0.443. The third-order valence-corrected chi connectivity index (χ3v) is 4.92. The molecule has 0 radical (unpaired) electrons. The molecule has 0 saturated carbocycles. The monoisotopic (exact) mass is 401 g/mol. The van der Waals surface area contributed by atoms with E-state index in [2.05, 4.69) is 36.6 Å². The van der Waals surface area contributed by atoms with E-state index >= 15 is 0 Å². The van der Waals surface area contributed by atoms with Crippen molar-refractivity contribution in [2.45, 2.75) is 20.3 Å². The summed E-state index contributed by atoms with van der Waals surface area (Å²) in [7, 11) is 0. The average molecular weight is 401 g/mol. The van der Waals surface area contributed by atoms with Crippen molar-refractivity contribution in [2.75, 3.05) is 17.2 Å². The van der Waals surface area contributed by atoms with Gasteiger partial charge in [0.25, 0.3) is 0 Å². The number of aromatic amines is 1. The molecule has 0 fully saturated rings. The minimum absolute atomic E-state index is 0.237. The van der Waals surface area contributed by atoms with Gasteiger partial charge < -0.3 is 15.6 Å². The van der Waals surface area contributed by atoms with Gasteiger partial charge in [-0.05, 0) is 49.6 Å². The number of hydrogen-bond donors (Lipinski definition) is 3. The highest BCUT2D eigenvalue weighted by Crippen LogP contribution is 2.28. The first-order chi connectivity index (χ1) is 14.5. The van der Waals surface area contributed by atoms with Crippen molar-refractivity contribution in [3.63, 3.8) is 0 Å². The van der Waals surface area contributed by atoms with E-state index in [0.29, 0.717) is 41.5 Å². The summed E-state index contributed by atoms with van der Waals surface area (Å²) in [5.41, 5.74) is 4.18. The van der Waals surface area contributed by atoms with Gasteiger partial charge in [-0.1, -0.05) is 6.07 Å². The number of H-pyrrole nitrogens is 1. The van der Waals surface area contributed by atoms with E-state index in [1.807, 2.05) is 13.8 Å². The van der Waals surface area contributed by atoms with Gasteiger partial charge >= 0.3 is 0 Å². The summed E-state index contributed by atoms with van der Waals surface area (Å²) >= 11 is 0. The lowest BCUT2D eigenvalue weighted by molar-refractivity contribution is 0.637. The van der Waals surface area contributed by atoms with E-state index in [-0.39, 0.29) is 5.82 Å². The molecule has 0 aliphatic rings. The number of anilines is 3. The first-order valence-corrected chi connectivity index (χ1v) is 9.50. The third kappa shape index (κ3) is 3.91. The largest absolute Gasteiger partial charge is 0.370 e. The molecule has 3 heterocycles. The van der Waals surface area contributed by atoms with E-state index in [4.69, 9.17) is 5.26 Å². The van der Waals surface area contributed by atoms with E-state index in [0.717, 1.165) is 22.2 Å². The fourth-order valence-corrected chi connectivity index (χ4v) is 3.49. The SMILES string of the molecule is Cc1[nH]c2c(F)ccc(C)c2c1CCNc1cc(Nc2cc(C#N)ccn2)ncn1. The van der Waals surface area contributed by atoms with E-state index in [9.17, 15) is 4.39 Å². The van der Waals surface area contributed by atoms with Crippen molar-refractivity contribution in [1.29, 1.82) is 5.26 Å². The molecule has 0 saturated heterocycles. The van der Waals surface area contributed by atoms with Crippen molar-refractivity contribution in [3.05, 3.63) is 71.1 Å². The second-order valence-electron chi connectivity index (χ2n) is 6.97. The summed E-state index contributed by atoms with van der Waals surface area (Å²) in [5, 5.41) is 16.3. The molecular weight excluding hydrogens is 381 g/mol. The number of nitriles is 1. The lowest BCUT2D eigenvalue weighted by Gasteiger charge is -2.09. The summed E-state index contributed by atoms with van der Waals surface area (Å²) in [6, 6.07) is 10.4. The van der Waals surface area contributed by atoms with Crippen LogP contribution in [0.15, 0.2) is 42.9 Å². The Bertz CT molecular complexity index is 1260. The Hall–Kier alpha value is -3.99. The molecular formula is C22H20FN7. The summed E-state index contributed by atoms with van der Waals surface area (Å²) in [6.07, 6.45) is 3.74. The molecule has 0 aliphatic carbocycles. The molecule has 0 amide bonds. The van der Waals surface area contributed by atoms with Crippen molar-refractivity contribution in [3.8, 4) is 6.07 Å². The molecule has 4 aromatic rings. The summed E-state index contributed by atoms with van der Waals surface area (Å²) in [6.45, 7) is 4.58. The number of hydrogen-bond acceptors (Lipinski definition) is 6. The highest BCUT2D eigenvalue weighted by molar-refractivity contribution is 5.88. The van der Waals surface area contributed by atoms with Crippen LogP contribution < -0.4 is 10.6 Å². The molecule has 1 aromatic carbocycles. The van der Waals surface area contributed by atoms with Crippen LogP contribution in [0.4, 0.5) is 21.8 Å². The molecule has 0 spiro atoms. The Morgan fingerprint density at radius 3 is 2.70 bits per heavy atom. The normalized spacial score (nSPS) is 10.7. The number of halogens is 1. The number of rotatable bonds is 6. The van der Waals surface area contributed by atoms with Gasteiger partial charge in [0, 0.05) is 29.9 Å². The van der Waals surface area contributed by atoms with Crippen molar-refractivity contribution >= 4 is 28.4 Å². The lowest BCUT2D eigenvalue weighted by atomic mass is 10.0. The molecule has 3 N–H and O–H groups in total. The first-order valence-electron chi connectivity index (χ1n) is 9.50. The zero-order valence-corrected chi connectivity index (χ0v) is 16.6. The predicted octanol–water partition coefficient (Wildman–Crippen LogP) is 4.38. The minimum atomic E-state index is -0.237. The number of nitrogens with zero attached hydrogens (tertiary/aromatic N) is 4. The third-order valence-electron chi connectivity index (χ3n) is 4.92. The van der Waals surface area contributed by atoms with Crippen molar-refractivity contribution < 1.29 is 4.39 Å². The topological polar surface area (TPSA) is 102 Å². The number of aryl methyl sites for hydroxylation is 2. The Morgan fingerprint density at radius 1 is 1.07 bits per heavy atom. The van der Waals surface area contributed by atoms with Gasteiger partial charge in [0.1, 0.15) is 29.6 Å². The highest BCUT2D eigenvalue weighted by Gasteiger charge is 2.13. The van der Waals surface area contributed by atoms with Crippen LogP contribution in [0.2, 0.25) is 0 Å². The summed E-state index contributed by atoms with van der Waals surface area (Å²) in [5.74, 6) is 1.52. The molecule has 4 rings (SSSR count). The van der Waals surface area contributed by atoms with Crippen LogP contribution in [-0.2, 0) is 6.42 Å². The van der Waals surface area contributed by atoms with Crippen LogP contribution in [0.3, 0.4) is 0 Å². The van der Waals surface area contributed by atoms with Gasteiger partial charge in [-0.2, -0.15) is 5.26 Å². The molecule has 3 aromatic heterocycles. The van der Waals surface area contributed by atoms with Crippen LogP contribution >= 0.6 is 0 Å². The number of nitrogens with one attached hydrogen (secondary N) is 3. The van der Waals surface area contributed by atoms with E-state index < -0.39 is 0 Å². The molecule has 0 aliphatic heterocycles. The van der Waals surface area contributed by atoms with Gasteiger partial charge in [-0.3, -0.25) is 0 Å². The van der Waals surface area contributed by atoms with Gasteiger partial charge in [-0.25, -0.2) is 19.3 Å². The number of benzene rings is 1. The molecule has 0 bridgehead atoms. The lowest BCUT2D eigenvalue weighted by Crippen LogP contribution is -2.08. The Labute approximate surface area is 173 Å². The Balaban J connectivity index is 1.46. The summed E-state index contributed by atoms with van der Waals surface area (Å²) in [4.78, 5) is 15.8. The molecule has 30 heavy (non-hydrogen) atoms. The Morgan fingerprint density at radius 2 is 1.87 bits per heavy atom. The van der Waals surface area contributed by atoms with E-state index in [1.54, 1.807) is 30.5 Å². The van der Waals surface area contributed by atoms with Crippen molar-refractivity contribution in [1.82, 2.24) is 19.9 Å². The average Bonchev–Trinajstić information content (AvgIpc) is 3.09. The zero-order chi connectivity index (χ0) is 21.1. The predicted molar refractivity (Wildman–Crippen MR) is 114 cm³/mol. The fraction of sp³-hybridized carbons (Fsp3) is 0.182. The van der Waals surface area contributed by atoms with Crippen LogP contribution in [0, 0.1) is 31.0 Å². The van der Waals surface area contributed by atoms with E-state index in [1.165, 1.54) is 12.4 Å². The highest BCUT2D eigenvalue weighted by atomic mass is 19.1. The van der Waals surface area contributed by atoms with Crippen LogP contribution in [0.25, 0.3) is 10.9 Å². The van der Waals surface area contributed by atoms with Gasteiger partial charge in [-0.15, -0.1) is 0 Å². The van der Waals surface area contributed by atoms with Gasteiger partial charge in [0.2, 0.25) is 0 Å². The number of aromatic nitrogens is 4. The standard InChI is InChI=1S/C22H20FN7/c1-13-3-4-17(23)22-21(13)16(14(2)29-22)6-8-25-18-10-20(28-12-27-18)30-19-9-15(11-24)5-7-26-19/h3-5,7,9-10,12,29H,6,8H2,1-2H3,(H2,25,26,27,28,30). The molecule has 0 atom stereocenters. The maximum Gasteiger partial charge on any atom is 0.147 e. The molecule has 8 heteroatoms. The molecule has 150 valence electrons. The van der Waals surface area contributed by atoms with Gasteiger partial charge in [0.05, 0.1) is 17.1 Å². The van der Waals surface area contributed by atoms with Crippen molar-refractivity contribution in [2.24, 2.45) is 0 Å². The number of fused-ring (bicyclic) bond motifs is 1. The first kappa shape index (κ1) is 19.3. The maximum atomic E-state index is 14.1. The Kier molecular flexibility index (Phi) is 5.26. The number of pyridine rings is 1. The summed E-state index contributed by atoms with van der Waals surface area (Å²) < 4.78 is 14.1. The van der Waals surface area contributed by atoms with Crippen LogP contribution in [0.5, 0.6) is 0 Å². The van der Waals surface area contributed by atoms with Crippen LogP contribution in [-0.4, -0.2) is 26.5 Å². The minimum Gasteiger partial charge on any atom is -0.370 e. The molecule has 7 nitrogen and oxygen atoms in total. The zero-order valence-electron chi connectivity index (χ0n) is 16.6. The molecule has 0 unspecified atom stereocenters. The smallest absolute Gasteiger partial charge is 0.147 e. The van der Waals surface area contributed by atoms with Gasteiger partial charge in [0.15, 0.2) is 0 Å².